The van der Waals surface area contributed by atoms with E-state index in [4.69, 9.17) is 9.47 Å². The number of carbonyl (C=O) groups excluding carboxylic acids is 4. The molecule has 1 rings (SSSR count). The maximum Gasteiger partial charge on any atom is 0.408 e. The second kappa shape index (κ2) is 14.6. The van der Waals surface area contributed by atoms with Crippen molar-refractivity contribution in [3.05, 3.63) is 34.9 Å². The average molecular weight is 522 g/mol. The highest BCUT2D eigenvalue weighted by Crippen LogP contribution is 2.28. The molecule has 0 bridgehead atoms. The Morgan fingerprint density at radius 1 is 1.05 bits per heavy atom. The Morgan fingerprint density at radius 3 is 2.14 bits per heavy atom. The first-order chi connectivity index (χ1) is 17.2. The van der Waals surface area contributed by atoms with Crippen LogP contribution in [0.5, 0.6) is 0 Å². The van der Waals surface area contributed by atoms with Gasteiger partial charge in [-0.3, -0.25) is 14.4 Å². The van der Waals surface area contributed by atoms with Gasteiger partial charge in [-0.15, -0.1) is 0 Å². The number of aryl methyl sites for hydroxylation is 2. The molecule has 1 aromatic rings. The van der Waals surface area contributed by atoms with Gasteiger partial charge in [-0.2, -0.15) is 0 Å². The quantitative estimate of drug-likeness (QED) is 0.360. The minimum absolute atomic E-state index is 0.0180. The lowest BCUT2D eigenvalue weighted by Gasteiger charge is -2.38. The summed E-state index contributed by atoms with van der Waals surface area (Å²) in [6.45, 7) is 13.8. The maximum absolute atomic E-state index is 13.8. The molecule has 3 N–H and O–H groups in total. The fourth-order valence-corrected chi connectivity index (χ4v) is 3.83. The number of ether oxygens (including phenoxy) is 2. The molecule has 0 aliphatic carbocycles. The average Bonchev–Trinajstić information content (AvgIpc) is 2.78. The molecule has 3 amide bonds. The van der Waals surface area contributed by atoms with Crippen molar-refractivity contribution in [3.63, 3.8) is 0 Å². The third-order valence-electron chi connectivity index (χ3n) is 5.51. The number of nitrogens with zero attached hydrogens (tertiary/aromatic N) is 1. The molecule has 10 heteroatoms. The van der Waals surface area contributed by atoms with Crippen LogP contribution in [0.2, 0.25) is 0 Å². The summed E-state index contributed by atoms with van der Waals surface area (Å²) in [5.74, 6) is -1.56. The second-order valence-electron chi connectivity index (χ2n) is 10.1. The Hall–Kier alpha value is -3.14. The zero-order valence-corrected chi connectivity index (χ0v) is 23.3. The first-order valence-corrected chi connectivity index (χ1v) is 12.7. The normalized spacial score (nSPS) is 13.6. The van der Waals surface area contributed by atoms with Crippen LogP contribution in [0.15, 0.2) is 18.2 Å². The van der Waals surface area contributed by atoms with Gasteiger partial charge < -0.3 is 30.1 Å². The number of esters is 1. The van der Waals surface area contributed by atoms with Gasteiger partial charge in [0.1, 0.15) is 17.7 Å². The van der Waals surface area contributed by atoms with Gasteiger partial charge in [0, 0.05) is 12.6 Å². The van der Waals surface area contributed by atoms with E-state index in [2.05, 4.69) is 10.6 Å². The Bertz CT molecular complexity index is 922. The van der Waals surface area contributed by atoms with Crippen LogP contribution in [0, 0.1) is 13.8 Å². The van der Waals surface area contributed by atoms with E-state index < -0.39 is 54.2 Å². The third-order valence-corrected chi connectivity index (χ3v) is 5.51. The molecule has 3 atom stereocenters. The molecular formula is C27H43N3O7. The number of aliphatic hydroxyl groups is 1. The molecule has 0 spiro atoms. The van der Waals surface area contributed by atoms with Gasteiger partial charge in [-0.25, -0.2) is 4.79 Å². The van der Waals surface area contributed by atoms with Crippen molar-refractivity contribution < 1.29 is 33.8 Å². The van der Waals surface area contributed by atoms with E-state index in [1.54, 1.807) is 34.6 Å². The molecule has 208 valence electrons. The van der Waals surface area contributed by atoms with Crippen LogP contribution in [0.3, 0.4) is 0 Å². The van der Waals surface area contributed by atoms with Crippen LogP contribution in [-0.4, -0.2) is 71.3 Å². The summed E-state index contributed by atoms with van der Waals surface area (Å²) >= 11 is 0. The molecule has 0 saturated heterocycles. The molecule has 0 aliphatic heterocycles. The highest BCUT2D eigenvalue weighted by molar-refractivity contribution is 5.92. The SMILES string of the molecule is CCOC(=O)CCNC(=O)C(c1cc(C)cc(C)c1)N(C(=O)C(CO)NC(=O)OC(C)(C)C)C(C)CC. The van der Waals surface area contributed by atoms with Crippen molar-refractivity contribution in [2.45, 2.75) is 92.0 Å². The summed E-state index contributed by atoms with van der Waals surface area (Å²) in [5, 5.41) is 15.2. The van der Waals surface area contributed by atoms with E-state index in [1.165, 1.54) is 4.90 Å². The monoisotopic (exact) mass is 521 g/mol. The molecule has 0 aromatic heterocycles. The molecule has 0 fully saturated rings. The number of rotatable bonds is 12. The summed E-state index contributed by atoms with van der Waals surface area (Å²) in [7, 11) is 0. The van der Waals surface area contributed by atoms with Crippen molar-refractivity contribution in [1.82, 2.24) is 15.5 Å². The standard InChI is InChI=1S/C27H43N3O7/c1-9-19(5)30(25(34)21(16-31)29-26(35)37-27(6,7)8)23(20-14-17(3)13-18(4)15-20)24(33)28-12-11-22(32)36-10-2/h13-15,19,21,23,31H,9-12,16H2,1-8H3,(H,28,33)(H,29,35). The first kappa shape index (κ1) is 31.9. The van der Waals surface area contributed by atoms with Crippen molar-refractivity contribution in [2.75, 3.05) is 19.8 Å². The maximum atomic E-state index is 13.8. The molecule has 10 nitrogen and oxygen atoms in total. The zero-order valence-electron chi connectivity index (χ0n) is 23.3. The van der Waals surface area contributed by atoms with Gasteiger partial charge in [0.15, 0.2) is 0 Å². The largest absolute Gasteiger partial charge is 0.466 e. The Labute approximate surface area is 220 Å². The van der Waals surface area contributed by atoms with Gasteiger partial charge >= 0.3 is 12.1 Å². The van der Waals surface area contributed by atoms with Crippen LogP contribution in [0.4, 0.5) is 4.79 Å². The molecule has 1 aromatic carbocycles. The van der Waals surface area contributed by atoms with Gasteiger partial charge in [0.25, 0.3) is 0 Å². The van der Waals surface area contributed by atoms with Crippen molar-refractivity contribution in [2.24, 2.45) is 0 Å². The summed E-state index contributed by atoms with van der Waals surface area (Å²) in [5.41, 5.74) is 1.58. The van der Waals surface area contributed by atoms with E-state index in [0.29, 0.717) is 12.0 Å². The minimum atomic E-state index is -1.33. The Kier molecular flexibility index (Phi) is 12.6. The number of aliphatic hydroxyl groups excluding tert-OH is 1. The number of amides is 3. The molecule has 3 unspecified atom stereocenters. The summed E-state index contributed by atoms with van der Waals surface area (Å²) in [4.78, 5) is 52.9. The lowest BCUT2D eigenvalue weighted by molar-refractivity contribution is -0.146. The molecule has 0 saturated carbocycles. The summed E-state index contributed by atoms with van der Waals surface area (Å²) in [6.07, 6.45) is -0.366. The third kappa shape index (κ3) is 10.4. The number of hydrogen-bond acceptors (Lipinski definition) is 7. The molecular weight excluding hydrogens is 478 g/mol. The first-order valence-electron chi connectivity index (χ1n) is 12.7. The zero-order chi connectivity index (χ0) is 28.3. The van der Waals surface area contributed by atoms with Gasteiger partial charge in [0.2, 0.25) is 11.8 Å². The van der Waals surface area contributed by atoms with Crippen LogP contribution in [0.25, 0.3) is 0 Å². The van der Waals surface area contributed by atoms with Gasteiger partial charge in [-0.05, 0) is 60.5 Å². The fraction of sp³-hybridized carbons (Fsp3) is 0.630. The van der Waals surface area contributed by atoms with Gasteiger partial charge in [-0.1, -0.05) is 36.2 Å². The fourth-order valence-electron chi connectivity index (χ4n) is 3.83. The predicted octanol–water partition coefficient (Wildman–Crippen LogP) is 2.93. The van der Waals surface area contributed by atoms with Crippen molar-refractivity contribution in [1.29, 1.82) is 0 Å². The van der Waals surface area contributed by atoms with Crippen molar-refractivity contribution in [3.8, 4) is 0 Å². The van der Waals surface area contributed by atoms with Crippen LogP contribution in [-0.2, 0) is 23.9 Å². The van der Waals surface area contributed by atoms with E-state index >= 15 is 0 Å². The number of nitrogens with one attached hydrogen (secondary N) is 2. The topological polar surface area (TPSA) is 134 Å². The number of alkyl carbamates (subject to hydrolysis) is 1. The minimum Gasteiger partial charge on any atom is -0.466 e. The van der Waals surface area contributed by atoms with E-state index in [-0.39, 0.29) is 19.6 Å². The highest BCUT2D eigenvalue weighted by Gasteiger charge is 2.38. The molecule has 0 heterocycles. The highest BCUT2D eigenvalue weighted by atomic mass is 16.6. The van der Waals surface area contributed by atoms with Crippen molar-refractivity contribution >= 4 is 23.9 Å². The van der Waals surface area contributed by atoms with E-state index in [9.17, 15) is 24.3 Å². The Morgan fingerprint density at radius 2 is 1.65 bits per heavy atom. The lowest BCUT2D eigenvalue weighted by atomic mass is 9.96. The predicted molar refractivity (Wildman–Crippen MR) is 140 cm³/mol. The summed E-state index contributed by atoms with van der Waals surface area (Å²) < 4.78 is 10.2. The van der Waals surface area contributed by atoms with E-state index in [0.717, 1.165) is 11.1 Å². The van der Waals surface area contributed by atoms with E-state index in [1.807, 2.05) is 39.0 Å². The molecule has 37 heavy (non-hydrogen) atoms. The van der Waals surface area contributed by atoms with Gasteiger partial charge in [0.05, 0.1) is 19.6 Å². The summed E-state index contributed by atoms with van der Waals surface area (Å²) in [6, 6.07) is 2.77. The lowest BCUT2D eigenvalue weighted by Crippen LogP contribution is -2.56. The number of benzene rings is 1. The molecule has 0 aliphatic rings. The smallest absolute Gasteiger partial charge is 0.408 e. The van der Waals surface area contributed by atoms with Crippen LogP contribution >= 0.6 is 0 Å². The molecule has 0 radical (unpaired) electrons. The second-order valence-corrected chi connectivity index (χ2v) is 10.1. The number of hydrogen-bond donors (Lipinski definition) is 3. The number of carbonyl (C=O) groups is 4. The van der Waals surface area contributed by atoms with Crippen LogP contribution in [0.1, 0.15) is 77.1 Å². The van der Waals surface area contributed by atoms with Crippen LogP contribution < -0.4 is 10.6 Å². The Balaban J connectivity index is 3.42.